The summed E-state index contributed by atoms with van der Waals surface area (Å²) in [6, 6.07) is 1.54. The van der Waals surface area contributed by atoms with Gasteiger partial charge in [-0.1, -0.05) is 0 Å². The van der Waals surface area contributed by atoms with Crippen molar-refractivity contribution >= 4 is 6.09 Å². The van der Waals surface area contributed by atoms with Crippen molar-refractivity contribution < 1.29 is 14.6 Å². The summed E-state index contributed by atoms with van der Waals surface area (Å²) in [7, 11) is 1.75. The normalized spacial score (nSPS) is 28.3. The molecule has 2 aliphatic rings. The molecule has 2 fully saturated rings. The molecule has 2 rings (SSSR count). The van der Waals surface area contributed by atoms with E-state index in [1.54, 1.807) is 7.11 Å². The molecule has 0 bridgehead atoms. The van der Waals surface area contributed by atoms with E-state index in [9.17, 15) is 4.79 Å². The minimum atomic E-state index is -0.892. The van der Waals surface area contributed by atoms with E-state index in [-0.39, 0.29) is 6.04 Å². The highest BCUT2D eigenvalue weighted by molar-refractivity contribution is 5.64. The van der Waals surface area contributed by atoms with Crippen LogP contribution in [0.5, 0.6) is 0 Å². The second-order valence-electron chi connectivity index (χ2n) is 5.42. The average molecular weight is 256 g/mol. The topological polar surface area (TPSA) is 61.8 Å². The Morgan fingerprint density at radius 2 is 1.78 bits per heavy atom. The second-order valence-corrected chi connectivity index (χ2v) is 5.42. The highest BCUT2D eigenvalue weighted by Crippen LogP contribution is 2.33. The van der Waals surface area contributed by atoms with E-state index < -0.39 is 6.09 Å². The number of carbonyl (C=O) groups is 1. The maximum atomic E-state index is 10.6. The van der Waals surface area contributed by atoms with Crippen LogP contribution in [-0.2, 0) is 4.74 Å². The van der Waals surface area contributed by atoms with Gasteiger partial charge in [-0.15, -0.1) is 0 Å². The van der Waals surface area contributed by atoms with Crippen LogP contribution in [0, 0.1) is 0 Å². The van der Waals surface area contributed by atoms with E-state index in [0.717, 1.165) is 44.9 Å². The lowest BCUT2D eigenvalue weighted by Crippen LogP contribution is -2.45. The molecule has 0 aliphatic heterocycles. The summed E-state index contributed by atoms with van der Waals surface area (Å²) in [5.41, 5.74) is 0. The smallest absolute Gasteiger partial charge is 0.404 e. The minimum absolute atomic E-state index is 0.155. The molecule has 2 N–H and O–H groups in total. The zero-order chi connectivity index (χ0) is 13.0. The lowest BCUT2D eigenvalue weighted by molar-refractivity contribution is 0.0901. The summed E-state index contributed by atoms with van der Waals surface area (Å²) in [5, 5.41) is 11.3. The van der Waals surface area contributed by atoms with Gasteiger partial charge in [0.2, 0.25) is 0 Å². The number of nitrogens with zero attached hydrogens (tertiary/aromatic N) is 1. The van der Waals surface area contributed by atoms with Gasteiger partial charge in [-0.2, -0.15) is 0 Å². The van der Waals surface area contributed by atoms with Crippen LogP contribution in [0.15, 0.2) is 0 Å². The van der Waals surface area contributed by atoms with Crippen molar-refractivity contribution in [2.24, 2.45) is 0 Å². The summed E-state index contributed by atoms with van der Waals surface area (Å²) in [5.74, 6) is 0. The van der Waals surface area contributed by atoms with Crippen molar-refractivity contribution in [1.29, 1.82) is 0 Å². The summed E-state index contributed by atoms with van der Waals surface area (Å²) in [4.78, 5) is 13.2. The summed E-state index contributed by atoms with van der Waals surface area (Å²) < 4.78 is 5.18. The Kier molecular flexibility index (Phi) is 4.83. The third kappa shape index (κ3) is 3.85. The van der Waals surface area contributed by atoms with Crippen LogP contribution in [0.2, 0.25) is 0 Å². The molecule has 0 aromatic rings. The fourth-order valence-corrected chi connectivity index (χ4v) is 2.99. The molecule has 0 unspecified atom stereocenters. The van der Waals surface area contributed by atoms with E-state index >= 15 is 0 Å². The van der Waals surface area contributed by atoms with E-state index in [1.807, 2.05) is 0 Å². The van der Waals surface area contributed by atoms with Gasteiger partial charge in [-0.05, 0) is 38.5 Å². The molecule has 1 amide bonds. The molecule has 5 nitrogen and oxygen atoms in total. The molecule has 2 saturated carbocycles. The predicted octanol–water partition coefficient (Wildman–Crippen LogP) is 1.68. The molecule has 0 spiro atoms. The van der Waals surface area contributed by atoms with Gasteiger partial charge < -0.3 is 15.2 Å². The van der Waals surface area contributed by atoms with Gasteiger partial charge >= 0.3 is 6.09 Å². The van der Waals surface area contributed by atoms with E-state index in [4.69, 9.17) is 9.84 Å². The highest BCUT2D eigenvalue weighted by atomic mass is 16.5. The van der Waals surface area contributed by atoms with Gasteiger partial charge in [0.25, 0.3) is 0 Å². The summed E-state index contributed by atoms with van der Waals surface area (Å²) in [6.07, 6.45) is 5.88. The van der Waals surface area contributed by atoms with Crippen LogP contribution in [-0.4, -0.2) is 54.5 Å². The molecule has 0 aromatic carbocycles. The number of ether oxygens (including phenoxy) is 1. The van der Waals surface area contributed by atoms with Crippen molar-refractivity contribution in [3.05, 3.63) is 0 Å². The molecule has 0 radical (unpaired) electrons. The fraction of sp³-hybridized carbons (Fsp3) is 0.923. The highest BCUT2D eigenvalue weighted by Gasteiger charge is 2.35. The van der Waals surface area contributed by atoms with Crippen LogP contribution in [0.25, 0.3) is 0 Å². The van der Waals surface area contributed by atoms with Gasteiger partial charge in [-0.25, -0.2) is 4.79 Å². The van der Waals surface area contributed by atoms with Crippen molar-refractivity contribution in [3.63, 3.8) is 0 Å². The largest absolute Gasteiger partial charge is 0.465 e. The van der Waals surface area contributed by atoms with Crippen molar-refractivity contribution in [2.75, 3.05) is 20.3 Å². The SMILES string of the molecule is COCCN(C1CCC(NC(=O)O)CC1)C1CC1. The average Bonchev–Trinajstić information content (AvgIpc) is 3.15. The van der Waals surface area contributed by atoms with Crippen molar-refractivity contribution in [1.82, 2.24) is 10.2 Å². The summed E-state index contributed by atoms with van der Waals surface area (Å²) >= 11 is 0. The Bertz CT molecular complexity index is 273. The quantitative estimate of drug-likeness (QED) is 0.759. The van der Waals surface area contributed by atoms with Crippen LogP contribution in [0.3, 0.4) is 0 Å². The maximum Gasteiger partial charge on any atom is 0.404 e. The first kappa shape index (κ1) is 13.6. The van der Waals surface area contributed by atoms with Crippen LogP contribution >= 0.6 is 0 Å². The van der Waals surface area contributed by atoms with Gasteiger partial charge in [0.05, 0.1) is 6.61 Å². The molecule has 2 aliphatic carbocycles. The van der Waals surface area contributed by atoms with Crippen molar-refractivity contribution in [2.45, 2.75) is 56.7 Å². The molecule has 5 heteroatoms. The number of amides is 1. The van der Waals surface area contributed by atoms with E-state index in [0.29, 0.717) is 6.04 Å². The minimum Gasteiger partial charge on any atom is -0.465 e. The Labute approximate surface area is 108 Å². The number of hydrogen-bond donors (Lipinski definition) is 2. The number of methoxy groups -OCH3 is 1. The summed E-state index contributed by atoms with van der Waals surface area (Å²) in [6.45, 7) is 1.81. The van der Waals surface area contributed by atoms with E-state index in [2.05, 4.69) is 10.2 Å². The first-order valence-corrected chi connectivity index (χ1v) is 6.95. The maximum absolute atomic E-state index is 10.6. The molecule has 0 aromatic heterocycles. The van der Waals surface area contributed by atoms with Gasteiger partial charge in [0.1, 0.15) is 0 Å². The Morgan fingerprint density at radius 1 is 1.22 bits per heavy atom. The van der Waals surface area contributed by atoms with Gasteiger partial charge in [0.15, 0.2) is 0 Å². The van der Waals surface area contributed by atoms with E-state index in [1.165, 1.54) is 12.8 Å². The molecule has 104 valence electrons. The molecule has 0 atom stereocenters. The molecule has 18 heavy (non-hydrogen) atoms. The molecule has 0 saturated heterocycles. The Hall–Kier alpha value is -0.810. The number of rotatable bonds is 6. The first-order valence-electron chi connectivity index (χ1n) is 6.95. The lowest BCUT2D eigenvalue weighted by Gasteiger charge is -2.37. The van der Waals surface area contributed by atoms with Crippen LogP contribution in [0.1, 0.15) is 38.5 Å². The standard InChI is InChI=1S/C13H24N2O3/c1-18-9-8-15(12-6-7-12)11-4-2-10(3-5-11)14-13(16)17/h10-12,14H,2-9H2,1H3,(H,16,17). The zero-order valence-electron chi connectivity index (χ0n) is 11.1. The van der Waals surface area contributed by atoms with Crippen LogP contribution < -0.4 is 5.32 Å². The Morgan fingerprint density at radius 3 is 2.22 bits per heavy atom. The lowest BCUT2D eigenvalue weighted by atomic mass is 9.90. The van der Waals surface area contributed by atoms with Gasteiger partial charge in [0, 0.05) is 31.8 Å². The van der Waals surface area contributed by atoms with Gasteiger partial charge in [-0.3, -0.25) is 4.90 Å². The van der Waals surface area contributed by atoms with Crippen LogP contribution in [0.4, 0.5) is 4.79 Å². The first-order chi connectivity index (χ1) is 8.70. The monoisotopic (exact) mass is 256 g/mol. The van der Waals surface area contributed by atoms with Crippen molar-refractivity contribution in [3.8, 4) is 0 Å². The number of hydrogen-bond acceptors (Lipinski definition) is 3. The molecular formula is C13H24N2O3. The predicted molar refractivity (Wildman–Crippen MR) is 68.8 cm³/mol. The fourth-order valence-electron chi connectivity index (χ4n) is 2.99. The zero-order valence-corrected chi connectivity index (χ0v) is 11.1. The number of carboxylic acid groups (broad SMARTS) is 1. The third-order valence-electron chi connectivity index (χ3n) is 4.06. The Balaban J connectivity index is 1.77. The molecule has 0 heterocycles. The molecular weight excluding hydrogens is 232 g/mol. The third-order valence-corrected chi connectivity index (χ3v) is 4.06. The second kappa shape index (κ2) is 6.38. The number of nitrogens with one attached hydrogen (secondary N) is 1.